The van der Waals surface area contributed by atoms with Crippen LogP contribution < -0.4 is 11.3 Å². The molecule has 0 aliphatic carbocycles. The van der Waals surface area contributed by atoms with Crippen molar-refractivity contribution < 1.29 is 0 Å². The molecular weight excluding hydrogens is 248 g/mol. The second kappa shape index (κ2) is 4.86. The van der Waals surface area contributed by atoms with E-state index in [-0.39, 0.29) is 11.2 Å². The molecule has 3 N–H and O–H groups in total. The fourth-order valence-corrected chi connectivity index (χ4v) is 2.34. The van der Waals surface area contributed by atoms with Crippen LogP contribution in [-0.4, -0.2) is 4.98 Å². The number of rotatable bonds is 2. The summed E-state index contributed by atoms with van der Waals surface area (Å²) in [5.74, 6) is 0. The Hall–Kier alpha value is -1.74. The van der Waals surface area contributed by atoms with E-state index < -0.39 is 0 Å². The Morgan fingerprint density at radius 1 is 1.22 bits per heavy atom. The van der Waals surface area contributed by atoms with Gasteiger partial charge in [0.25, 0.3) is 5.56 Å². The predicted molar refractivity (Wildman–Crippen MR) is 75.2 cm³/mol. The minimum absolute atomic E-state index is 0.196. The highest BCUT2D eigenvalue weighted by Gasteiger charge is 2.09. The van der Waals surface area contributed by atoms with Crippen molar-refractivity contribution in [3.63, 3.8) is 0 Å². The molecule has 0 saturated carbocycles. The highest BCUT2D eigenvalue weighted by Crippen LogP contribution is 2.22. The first-order valence-electron chi connectivity index (χ1n) is 5.70. The first kappa shape index (κ1) is 12.7. The molecule has 4 heteroatoms. The Balaban J connectivity index is 2.46. The maximum absolute atomic E-state index is 11.5. The Kier molecular flexibility index (Phi) is 3.43. The molecule has 18 heavy (non-hydrogen) atoms. The molecule has 0 aliphatic rings. The van der Waals surface area contributed by atoms with Gasteiger partial charge in [0.2, 0.25) is 0 Å². The van der Waals surface area contributed by atoms with Crippen LogP contribution in [0.2, 0.25) is 5.02 Å². The van der Waals surface area contributed by atoms with Crippen LogP contribution in [0.25, 0.3) is 0 Å². The second-order valence-electron chi connectivity index (χ2n) is 4.53. The number of H-pyrrole nitrogens is 1. The largest absolute Gasteiger partial charge is 0.394 e. The van der Waals surface area contributed by atoms with Gasteiger partial charge in [-0.1, -0.05) is 40.9 Å². The van der Waals surface area contributed by atoms with Crippen LogP contribution in [-0.2, 0) is 6.42 Å². The molecule has 1 aromatic carbocycles. The number of halogens is 1. The fourth-order valence-electron chi connectivity index (χ4n) is 2.11. The third-order valence-corrected chi connectivity index (χ3v) is 3.19. The summed E-state index contributed by atoms with van der Waals surface area (Å²) in [6.07, 6.45) is 2.05. The summed E-state index contributed by atoms with van der Waals surface area (Å²) in [4.78, 5) is 14.0. The van der Waals surface area contributed by atoms with Crippen LogP contribution in [0.3, 0.4) is 0 Å². The topological polar surface area (TPSA) is 58.9 Å². The molecule has 0 aliphatic heterocycles. The minimum atomic E-state index is -0.293. The van der Waals surface area contributed by atoms with Gasteiger partial charge in [0.05, 0.1) is 5.02 Å². The van der Waals surface area contributed by atoms with Crippen LogP contribution in [0, 0.1) is 13.8 Å². The van der Waals surface area contributed by atoms with Gasteiger partial charge in [-0.15, -0.1) is 0 Å². The average Bonchev–Trinajstić information content (AvgIpc) is 2.28. The van der Waals surface area contributed by atoms with Gasteiger partial charge >= 0.3 is 0 Å². The third kappa shape index (κ3) is 2.57. The van der Waals surface area contributed by atoms with Gasteiger partial charge in [0, 0.05) is 18.2 Å². The molecule has 2 rings (SSSR count). The van der Waals surface area contributed by atoms with Gasteiger partial charge in [-0.25, -0.2) is 0 Å². The molecule has 0 atom stereocenters. The van der Waals surface area contributed by atoms with E-state index in [0.717, 1.165) is 5.56 Å². The number of anilines is 1. The lowest BCUT2D eigenvalue weighted by Gasteiger charge is -2.09. The highest BCUT2D eigenvalue weighted by molar-refractivity contribution is 6.31. The Bertz CT molecular complexity index is 626. The van der Waals surface area contributed by atoms with E-state index in [0.29, 0.717) is 17.0 Å². The summed E-state index contributed by atoms with van der Waals surface area (Å²) in [5.41, 5.74) is 9.84. The van der Waals surface area contributed by atoms with Gasteiger partial charge in [0.1, 0.15) is 5.69 Å². The molecular formula is C14H15ClN2O. The van der Waals surface area contributed by atoms with Crippen LogP contribution >= 0.6 is 11.6 Å². The number of aryl methyl sites for hydroxylation is 2. The van der Waals surface area contributed by atoms with Crippen molar-refractivity contribution in [2.45, 2.75) is 20.3 Å². The van der Waals surface area contributed by atoms with E-state index in [1.807, 2.05) is 13.8 Å². The number of hydrogen-bond donors (Lipinski definition) is 2. The smallest absolute Gasteiger partial charge is 0.271 e. The summed E-state index contributed by atoms with van der Waals surface area (Å²) in [5, 5.41) is 0.492. The minimum Gasteiger partial charge on any atom is -0.394 e. The molecule has 94 valence electrons. The fraction of sp³-hybridized carbons (Fsp3) is 0.214. The maximum Gasteiger partial charge on any atom is 0.271 e. The van der Waals surface area contributed by atoms with Crippen molar-refractivity contribution in [3.05, 3.63) is 62.0 Å². The highest BCUT2D eigenvalue weighted by atomic mass is 35.5. The standard InChI is InChI=1S/C14H15ClN2O/c1-8-3-9(2)5-10(4-8)6-11-12(15)7-17-14(18)13(11)16/h3-5,7H,6,16H2,1-2H3,(H,17,18). The number of aromatic nitrogens is 1. The van der Waals surface area contributed by atoms with Crippen molar-refractivity contribution in [2.24, 2.45) is 0 Å². The van der Waals surface area contributed by atoms with Crippen LogP contribution in [0.1, 0.15) is 22.3 Å². The summed E-state index contributed by atoms with van der Waals surface area (Å²) in [7, 11) is 0. The van der Waals surface area contributed by atoms with E-state index in [9.17, 15) is 4.79 Å². The number of benzene rings is 1. The molecule has 0 unspecified atom stereocenters. The third-order valence-electron chi connectivity index (χ3n) is 2.85. The summed E-state index contributed by atoms with van der Waals surface area (Å²) in [6.45, 7) is 4.08. The number of nitrogens with two attached hydrogens (primary N) is 1. The first-order chi connectivity index (χ1) is 8.47. The van der Waals surface area contributed by atoms with E-state index in [1.165, 1.54) is 17.3 Å². The van der Waals surface area contributed by atoms with Gasteiger partial charge < -0.3 is 10.7 Å². The van der Waals surface area contributed by atoms with E-state index in [1.54, 1.807) is 0 Å². The van der Waals surface area contributed by atoms with Crippen LogP contribution in [0.4, 0.5) is 5.69 Å². The van der Waals surface area contributed by atoms with Gasteiger partial charge in [-0.05, 0) is 19.4 Å². The number of nitrogen functional groups attached to an aromatic ring is 1. The monoisotopic (exact) mass is 262 g/mol. The lowest BCUT2D eigenvalue weighted by atomic mass is 10.0. The lowest BCUT2D eigenvalue weighted by Crippen LogP contribution is -2.14. The normalized spacial score (nSPS) is 10.6. The van der Waals surface area contributed by atoms with Crippen molar-refractivity contribution in [1.82, 2.24) is 4.98 Å². The van der Waals surface area contributed by atoms with Crippen LogP contribution in [0.15, 0.2) is 29.2 Å². The van der Waals surface area contributed by atoms with Crippen molar-refractivity contribution >= 4 is 17.3 Å². The zero-order chi connectivity index (χ0) is 13.3. The first-order valence-corrected chi connectivity index (χ1v) is 6.08. The second-order valence-corrected chi connectivity index (χ2v) is 4.94. The summed E-state index contributed by atoms with van der Waals surface area (Å²) in [6, 6.07) is 6.25. The van der Waals surface area contributed by atoms with E-state index >= 15 is 0 Å². The molecule has 0 saturated heterocycles. The quantitative estimate of drug-likeness (QED) is 0.874. The predicted octanol–water partition coefficient (Wildman–Crippen LogP) is 2.82. The molecule has 2 aromatic rings. The van der Waals surface area contributed by atoms with Crippen molar-refractivity contribution in [3.8, 4) is 0 Å². The Morgan fingerprint density at radius 2 is 1.83 bits per heavy atom. The van der Waals surface area contributed by atoms with E-state index in [4.69, 9.17) is 17.3 Å². The van der Waals surface area contributed by atoms with Gasteiger partial charge in [0.15, 0.2) is 0 Å². The maximum atomic E-state index is 11.5. The molecule has 1 heterocycles. The Labute approximate surface area is 111 Å². The van der Waals surface area contributed by atoms with E-state index in [2.05, 4.69) is 23.2 Å². The van der Waals surface area contributed by atoms with Gasteiger partial charge in [-0.3, -0.25) is 4.79 Å². The molecule has 0 bridgehead atoms. The number of nitrogens with one attached hydrogen (secondary N) is 1. The van der Waals surface area contributed by atoms with Gasteiger partial charge in [-0.2, -0.15) is 0 Å². The zero-order valence-electron chi connectivity index (χ0n) is 10.4. The summed E-state index contributed by atoms with van der Waals surface area (Å²) < 4.78 is 0. The Morgan fingerprint density at radius 3 is 2.44 bits per heavy atom. The van der Waals surface area contributed by atoms with Crippen molar-refractivity contribution in [1.29, 1.82) is 0 Å². The SMILES string of the molecule is Cc1cc(C)cc(Cc2c(Cl)c[nH]c(=O)c2N)c1. The molecule has 3 nitrogen and oxygen atoms in total. The average molecular weight is 263 g/mol. The molecule has 0 fully saturated rings. The molecule has 0 spiro atoms. The number of aromatic amines is 1. The number of pyridine rings is 1. The number of hydrogen-bond acceptors (Lipinski definition) is 2. The molecule has 0 amide bonds. The summed E-state index contributed by atoms with van der Waals surface area (Å²) >= 11 is 6.08. The molecule has 1 aromatic heterocycles. The van der Waals surface area contributed by atoms with Crippen molar-refractivity contribution in [2.75, 3.05) is 5.73 Å². The lowest BCUT2D eigenvalue weighted by molar-refractivity contribution is 1.13. The zero-order valence-corrected chi connectivity index (χ0v) is 11.1. The van der Waals surface area contributed by atoms with Crippen LogP contribution in [0.5, 0.6) is 0 Å². The molecule has 0 radical (unpaired) electrons.